The first-order valence-electron chi connectivity index (χ1n) is 8.41. The zero-order chi connectivity index (χ0) is 18.4. The number of para-hydroxylation sites is 1. The van der Waals surface area contributed by atoms with Gasteiger partial charge in [-0.2, -0.15) is 0 Å². The van der Waals surface area contributed by atoms with Crippen molar-refractivity contribution >= 4 is 27.2 Å². The van der Waals surface area contributed by atoms with Crippen molar-refractivity contribution in [3.63, 3.8) is 0 Å². The van der Waals surface area contributed by atoms with Crippen molar-refractivity contribution in [2.75, 3.05) is 28.7 Å². The van der Waals surface area contributed by atoms with Crippen LogP contribution in [-0.4, -0.2) is 43.5 Å². The Bertz CT molecular complexity index is 838. The van der Waals surface area contributed by atoms with E-state index in [-0.39, 0.29) is 36.5 Å². The van der Waals surface area contributed by atoms with Crippen LogP contribution in [0.25, 0.3) is 0 Å². The van der Waals surface area contributed by atoms with E-state index in [2.05, 4.69) is 15.6 Å². The number of aromatic nitrogens is 1. The van der Waals surface area contributed by atoms with Gasteiger partial charge in [0.2, 0.25) is 5.91 Å². The van der Waals surface area contributed by atoms with Gasteiger partial charge in [-0.1, -0.05) is 18.2 Å². The quantitative estimate of drug-likeness (QED) is 0.769. The topological polar surface area (TPSA) is 97.4 Å². The molecule has 0 aliphatic carbocycles. The summed E-state index contributed by atoms with van der Waals surface area (Å²) in [6, 6.07) is 12.7. The second-order valence-corrected chi connectivity index (χ2v) is 8.36. The van der Waals surface area contributed by atoms with Gasteiger partial charge >= 0.3 is 0 Å². The van der Waals surface area contributed by atoms with Crippen LogP contribution in [0.5, 0.6) is 5.75 Å². The average Bonchev–Trinajstić information content (AvgIpc) is 2.96. The first-order valence-corrected chi connectivity index (χ1v) is 10.2. The van der Waals surface area contributed by atoms with Gasteiger partial charge in [-0.05, 0) is 30.7 Å². The Morgan fingerprint density at radius 2 is 2.00 bits per heavy atom. The van der Waals surface area contributed by atoms with Gasteiger partial charge in [-0.15, -0.1) is 0 Å². The number of benzene rings is 1. The summed E-state index contributed by atoms with van der Waals surface area (Å²) in [6.07, 6.45) is 2.40. The molecule has 1 aromatic heterocycles. The molecule has 0 radical (unpaired) electrons. The van der Waals surface area contributed by atoms with E-state index in [1.165, 1.54) is 0 Å². The summed E-state index contributed by atoms with van der Waals surface area (Å²) in [5.74, 6) is 1.35. The van der Waals surface area contributed by atoms with Crippen LogP contribution in [0.3, 0.4) is 0 Å². The highest BCUT2D eigenvalue weighted by atomic mass is 32.2. The first-order chi connectivity index (χ1) is 12.5. The monoisotopic (exact) mass is 375 g/mol. The fourth-order valence-electron chi connectivity index (χ4n) is 2.68. The molecule has 1 aliphatic rings. The lowest BCUT2D eigenvalue weighted by molar-refractivity contribution is -0.116. The molecule has 0 saturated carbocycles. The van der Waals surface area contributed by atoms with Crippen LogP contribution in [-0.2, 0) is 14.6 Å². The summed E-state index contributed by atoms with van der Waals surface area (Å²) in [6.45, 7) is 0.283. The zero-order valence-electron chi connectivity index (χ0n) is 14.2. The standard InChI is InChI=1S/C18H21N3O4S/c22-18(8-10-25-16-4-2-1-3-5-16)21-17-7-6-14(12-19-17)20-15-9-11-26(23,24)13-15/h1-7,12,15,20H,8-11,13H2,(H,19,21,22). The number of hydrogen-bond acceptors (Lipinski definition) is 6. The summed E-state index contributed by atoms with van der Waals surface area (Å²) in [7, 11) is -2.92. The van der Waals surface area contributed by atoms with Gasteiger partial charge in [0.1, 0.15) is 11.6 Å². The van der Waals surface area contributed by atoms with Gasteiger partial charge in [0, 0.05) is 6.04 Å². The van der Waals surface area contributed by atoms with E-state index in [0.717, 1.165) is 11.4 Å². The molecule has 26 heavy (non-hydrogen) atoms. The van der Waals surface area contributed by atoms with E-state index < -0.39 is 9.84 Å². The Hall–Kier alpha value is -2.61. The lowest BCUT2D eigenvalue weighted by Crippen LogP contribution is -2.20. The number of ether oxygens (including phenoxy) is 1. The number of amides is 1. The molecule has 1 unspecified atom stereocenters. The average molecular weight is 375 g/mol. The summed E-state index contributed by atoms with van der Waals surface area (Å²) in [5, 5.41) is 5.86. The van der Waals surface area contributed by atoms with Gasteiger partial charge in [0.25, 0.3) is 0 Å². The van der Waals surface area contributed by atoms with Crippen molar-refractivity contribution in [1.29, 1.82) is 0 Å². The van der Waals surface area contributed by atoms with Crippen LogP contribution in [0.4, 0.5) is 11.5 Å². The van der Waals surface area contributed by atoms with Gasteiger partial charge < -0.3 is 15.4 Å². The SMILES string of the molecule is O=C(CCOc1ccccc1)Nc1ccc(NC2CCS(=O)(=O)C2)cn1. The highest BCUT2D eigenvalue weighted by Crippen LogP contribution is 2.18. The van der Waals surface area contributed by atoms with Crippen molar-refractivity contribution < 1.29 is 17.9 Å². The summed E-state index contributed by atoms with van der Waals surface area (Å²) in [5.41, 5.74) is 0.734. The number of carbonyl (C=O) groups is 1. The molecule has 8 heteroatoms. The third-order valence-electron chi connectivity index (χ3n) is 3.98. The van der Waals surface area contributed by atoms with Crippen LogP contribution in [0.15, 0.2) is 48.7 Å². The van der Waals surface area contributed by atoms with Crippen molar-refractivity contribution in [2.45, 2.75) is 18.9 Å². The first kappa shape index (κ1) is 18.2. The van der Waals surface area contributed by atoms with Gasteiger partial charge in [0.15, 0.2) is 9.84 Å². The zero-order valence-corrected chi connectivity index (χ0v) is 15.0. The van der Waals surface area contributed by atoms with E-state index in [4.69, 9.17) is 4.74 Å². The molecule has 1 amide bonds. The molecule has 1 atom stereocenters. The third-order valence-corrected chi connectivity index (χ3v) is 5.74. The highest BCUT2D eigenvalue weighted by Gasteiger charge is 2.27. The molecule has 2 N–H and O–H groups in total. The Morgan fingerprint density at radius 1 is 1.19 bits per heavy atom. The Morgan fingerprint density at radius 3 is 2.65 bits per heavy atom. The number of carbonyl (C=O) groups excluding carboxylic acids is 1. The Kier molecular flexibility index (Phi) is 5.72. The number of pyridine rings is 1. The van der Waals surface area contributed by atoms with Crippen molar-refractivity contribution in [3.8, 4) is 5.75 Å². The second kappa shape index (κ2) is 8.18. The number of hydrogen-bond donors (Lipinski definition) is 2. The summed E-state index contributed by atoms with van der Waals surface area (Å²) >= 11 is 0. The maximum Gasteiger partial charge on any atom is 0.228 e. The number of nitrogens with one attached hydrogen (secondary N) is 2. The molecular formula is C18H21N3O4S. The largest absolute Gasteiger partial charge is 0.493 e. The molecular weight excluding hydrogens is 354 g/mol. The van der Waals surface area contributed by atoms with Gasteiger partial charge in [-0.25, -0.2) is 13.4 Å². The second-order valence-electron chi connectivity index (χ2n) is 6.14. The van der Waals surface area contributed by atoms with Crippen LogP contribution < -0.4 is 15.4 Å². The molecule has 0 bridgehead atoms. The minimum atomic E-state index is -2.92. The molecule has 0 spiro atoms. The van der Waals surface area contributed by atoms with E-state index in [9.17, 15) is 13.2 Å². The van der Waals surface area contributed by atoms with Crippen molar-refractivity contribution in [1.82, 2.24) is 4.98 Å². The smallest absolute Gasteiger partial charge is 0.228 e. The van der Waals surface area contributed by atoms with Crippen molar-refractivity contribution in [3.05, 3.63) is 48.7 Å². The minimum absolute atomic E-state index is 0.0858. The lowest BCUT2D eigenvalue weighted by atomic mass is 10.2. The van der Waals surface area contributed by atoms with Crippen LogP contribution in [0.1, 0.15) is 12.8 Å². The number of nitrogens with zero attached hydrogens (tertiary/aromatic N) is 1. The number of rotatable bonds is 7. The Labute approximate surface area is 152 Å². The molecule has 1 aromatic carbocycles. The fourth-order valence-corrected chi connectivity index (χ4v) is 4.35. The highest BCUT2D eigenvalue weighted by molar-refractivity contribution is 7.91. The maximum atomic E-state index is 11.9. The Balaban J connectivity index is 1.43. The van der Waals surface area contributed by atoms with Gasteiger partial charge in [-0.3, -0.25) is 4.79 Å². The number of anilines is 2. The van der Waals surface area contributed by atoms with Crippen LogP contribution in [0.2, 0.25) is 0 Å². The molecule has 1 aliphatic heterocycles. The molecule has 3 rings (SSSR count). The predicted molar refractivity (Wildman–Crippen MR) is 100 cm³/mol. The van der Waals surface area contributed by atoms with Crippen LogP contribution >= 0.6 is 0 Å². The summed E-state index contributed by atoms with van der Waals surface area (Å²) < 4.78 is 28.4. The lowest BCUT2D eigenvalue weighted by Gasteiger charge is -2.12. The maximum absolute atomic E-state index is 11.9. The fraction of sp³-hybridized carbons (Fsp3) is 0.333. The normalized spacial score (nSPS) is 18.2. The predicted octanol–water partition coefficient (Wildman–Crippen LogP) is 2.09. The molecule has 138 valence electrons. The van der Waals surface area contributed by atoms with Gasteiger partial charge in [0.05, 0.1) is 36.4 Å². The molecule has 2 aromatic rings. The molecule has 2 heterocycles. The summed E-state index contributed by atoms with van der Waals surface area (Å²) in [4.78, 5) is 16.1. The van der Waals surface area contributed by atoms with Crippen molar-refractivity contribution in [2.24, 2.45) is 0 Å². The van der Waals surface area contributed by atoms with Crippen LogP contribution in [0, 0.1) is 0 Å². The minimum Gasteiger partial charge on any atom is -0.493 e. The van der Waals surface area contributed by atoms with E-state index in [0.29, 0.717) is 12.2 Å². The van der Waals surface area contributed by atoms with E-state index in [1.54, 1.807) is 18.3 Å². The molecule has 1 saturated heterocycles. The van der Waals surface area contributed by atoms with E-state index >= 15 is 0 Å². The number of sulfone groups is 1. The van der Waals surface area contributed by atoms with E-state index in [1.807, 2.05) is 30.3 Å². The molecule has 1 fully saturated rings. The third kappa shape index (κ3) is 5.45. The molecule has 7 nitrogen and oxygen atoms in total.